The molecule has 2 aromatic carbocycles. The van der Waals surface area contributed by atoms with E-state index in [2.05, 4.69) is 5.16 Å². The van der Waals surface area contributed by atoms with Gasteiger partial charge in [0.15, 0.2) is 11.5 Å². The number of hydrogen-bond acceptors (Lipinski definition) is 4. The minimum atomic E-state index is -4.45. The Balaban J connectivity index is 1.55. The second-order valence-electron chi connectivity index (χ2n) is 6.46. The van der Waals surface area contributed by atoms with Gasteiger partial charge in [0.1, 0.15) is 12.4 Å². The van der Waals surface area contributed by atoms with Gasteiger partial charge >= 0.3 is 6.18 Å². The molecule has 0 atom stereocenters. The first-order valence-electron chi connectivity index (χ1n) is 8.88. The van der Waals surface area contributed by atoms with Crippen LogP contribution in [0.2, 0.25) is 0 Å². The lowest BCUT2D eigenvalue weighted by Gasteiger charge is -2.15. The number of alkyl halides is 3. The number of nitrogens with zero attached hydrogens (tertiary/aromatic N) is 2. The van der Waals surface area contributed by atoms with Gasteiger partial charge in [-0.05, 0) is 30.2 Å². The van der Waals surface area contributed by atoms with E-state index in [1.165, 1.54) is 23.1 Å². The normalized spacial score (nSPS) is 11.3. The van der Waals surface area contributed by atoms with Gasteiger partial charge < -0.3 is 14.2 Å². The Hall–Kier alpha value is -3.29. The minimum Gasteiger partial charge on any atom is -0.486 e. The standard InChI is InChI=1S/C21H19F3N2O3/c1-26(11-10-15-6-3-2-4-7-15)20(27)19-13-18(29-25-19)14-28-17-9-5-8-16(12-17)21(22,23)24/h2-9,12-13H,10-11,14H2,1H3. The van der Waals surface area contributed by atoms with Crippen LogP contribution in [0.15, 0.2) is 65.2 Å². The lowest BCUT2D eigenvalue weighted by molar-refractivity contribution is -0.137. The first-order chi connectivity index (χ1) is 13.8. The van der Waals surface area contributed by atoms with E-state index in [-0.39, 0.29) is 29.7 Å². The SMILES string of the molecule is CN(CCc1ccccc1)C(=O)c1cc(COc2cccc(C(F)(F)F)c2)on1. The van der Waals surface area contributed by atoms with E-state index in [1.807, 2.05) is 30.3 Å². The van der Waals surface area contributed by atoms with Crippen molar-refractivity contribution < 1.29 is 27.2 Å². The zero-order valence-electron chi connectivity index (χ0n) is 15.6. The van der Waals surface area contributed by atoms with Crippen LogP contribution in [0.4, 0.5) is 13.2 Å². The third-order valence-corrected chi connectivity index (χ3v) is 4.25. The van der Waals surface area contributed by atoms with Crippen LogP contribution in [0.5, 0.6) is 5.75 Å². The Morgan fingerprint density at radius 1 is 1.10 bits per heavy atom. The van der Waals surface area contributed by atoms with E-state index in [9.17, 15) is 18.0 Å². The van der Waals surface area contributed by atoms with Gasteiger partial charge in [0, 0.05) is 19.7 Å². The molecule has 0 N–H and O–H groups in total. The molecule has 3 aromatic rings. The van der Waals surface area contributed by atoms with E-state index in [4.69, 9.17) is 9.26 Å². The smallest absolute Gasteiger partial charge is 0.416 e. The number of carbonyl (C=O) groups is 1. The Morgan fingerprint density at radius 2 is 1.86 bits per heavy atom. The summed E-state index contributed by atoms with van der Waals surface area (Å²) in [4.78, 5) is 14.0. The zero-order valence-corrected chi connectivity index (χ0v) is 15.6. The summed E-state index contributed by atoms with van der Waals surface area (Å²) < 4.78 is 48.6. The van der Waals surface area contributed by atoms with Crippen molar-refractivity contribution in [2.75, 3.05) is 13.6 Å². The summed E-state index contributed by atoms with van der Waals surface area (Å²) in [5.74, 6) is -0.0266. The number of benzene rings is 2. The van der Waals surface area contributed by atoms with E-state index in [1.54, 1.807) is 7.05 Å². The molecule has 0 saturated heterocycles. The van der Waals surface area contributed by atoms with Crippen molar-refractivity contribution in [1.82, 2.24) is 10.1 Å². The summed E-state index contributed by atoms with van der Waals surface area (Å²) in [5, 5.41) is 3.74. The lowest BCUT2D eigenvalue weighted by atomic mass is 10.1. The number of aromatic nitrogens is 1. The van der Waals surface area contributed by atoms with Crippen molar-refractivity contribution in [1.29, 1.82) is 0 Å². The number of amides is 1. The summed E-state index contributed by atoms with van der Waals surface area (Å²) >= 11 is 0. The monoisotopic (exact) mass is 404 g/mol. The third-order valence-electron chi connectivity index (χ3n) is 4.25. The molecule has 152 valence electrons. The topological polar surface area (TPSA) is 55.6 Å². The van der Waals surface area contributed by atoms with Gasteiger partial charge in [-0.15, -0.1) is 0 Å². The van der Waals surface area contributed by atoms with Gasteiger partial charge in [0.05, 0.1) is 5.56 Å². The number of ether oxygens (including phenoxy) is 1. The van der Waals surface area contributed by atoms with Crippen LogP contribution in [-0.2, 0) is 19.2 Å². The predicted octanol–water partition coefficient (Wildman–Crippen LogP) is 4.59. The van der Waals surface area contributed by atoms with Gasteiger partial charge in [0.25, 0.3) is 5.91 Å². The van der Waals surface area contributed by atoms with Crippen molar-refractivity contribution in [2.45, 2.75) is 19.2 Å². The Labute approximate surface area is 165 Å². The quantitative estimate of drug-likeness (QED) is 0.578. The highest BCUT2D eigenvalue weighted by atomic mass is 19.4. The highest BCUT2D eigenvalue weighted by Gasteiger charge is 2.30. The van der Waals surface area contributed by atoms with Gasteiger partial charge in [0.2, 0.25) is 0 Å². The lowest BCUT2D eigenvalue weighted by Crippen LogP contribution is -2.29. The van der Waals surface area contributed by atoms with Crippen LogP contribution in [-0.4, -0.2) is 29.6 Å². The fraction of sp³-hybridized carbons (Fsp3) is 0.238. The first-order valence-corrected chi connectivity index (χ1v) is 8.88. The number of carbonyl (C=O) groups excluding carboxylic acids is 1. The Morgan fingerprint density at radius 3 is 2.59 bits per heavy atom. The molecule has 0 spiro atoms. The van der Waals surface area contributed by atoms with Gasteiger partial charge in [-0.1, -0.05) is 41.6 Å². The van der Waals surface area contributed by atoms with Crippen LogP contribution >= 0.6 is 0 Å². The molecule has 0 radical (unpaired) electrons. The molecule has 0 unspecified atom stereocenters. The Bertz CT molecular complexity index is 955. The third kappa shape index (κ3) is 5.60. The van der Waals surface area contributed by atoms with Gasteiger partial charge in [-0.2, -0.15) is 13.2 Å². The summed E-state index contributed by atoms with van der Waals surface area (Å²) in [6.07, 6.45) is -3.75. The summed E-state index contributed by atoms with van der Waals surface area (Å²) in [7, 11) is 1.67. The van der Waals surface area contributed by atoms with Crippen molar-refractivity contribution in [3.63, 3.8) is 0 Å². The average Bonchev–Trinajstić information content (AvgIpc) is 3.19. The molecule has 0 bridgehead atoms. The molecule has 1 amide bonds. The maximum atomic E-state index is 12.7. The first kappa shape index (κ1) is 20.4. The van der Waals surface area contributed by atoms with Crippen molar-refractivity contribution in [3.05, 3.63) is 83.2 Å². The fourth-order valence-corrected chi connectivity index (χ4v) is 2.64. The van der Waals surface area contributed by atoms with E-state index >= 15 is 0 Å². The molecule has 0 aliphatic carbocycles. The van der Waals surface area contributed by atoms with Crippen molar-refractivity contribution >= 4 is 5.91 Å². The van der Waals surface area contributed by atoms with E-state index in [0.717, 1.165) is 17.7 Å². The van der Waals surface area contributed by atoms with Crippen LogP contribution in [0, 0.1) is 0 Å². The molecular weight excluding hydrogens is 385 g/mol. The van der Waals surface area contributed by atoms with Crippen LogP contribution in [0.1, 0.15) is 27.4 Å². The maximum Gasteiger partial charge on any atom is 0.416 e. The molecule has 1 aromatic heterocycles. The van der Waals surface area contributed by atoms with Gasteiger partial charge in [-0.3, -0.25) is 4.79 Å². The van der Waals surface area contributed by atoms with Crippen molar-refractivity contribution in [3.8, 4) is 5.75 Å². The molecule has 1 heterocycles. The van der Waals surface area contributed by atoms with Crippen LogP contribution in [0.3, 0.4) is 0 Å². The second kappa shape index (κ2) is 8.81. The van der Waals surface area contributed by atoms with Crippen LogP contribution < -0.4 is 4.74 Å². The second-order valence-corrected chi connectivity index (χ2v) is 6.46. The summed E-state index contributed by atoms with van der Waals surface area (Å²) in [6.45, 7) is 0.362. The molecule has 0 saturated carbocycles. The molecule has 8 heteroatoms. The highest BCUT2D eigenvalue weighted by molar-refractivity contribution is 5.92. The van der Waals surface area contributed by atoms with E-state index in [0.29, 0.717) is 13.0 Å². The van der Waals surface area contributed by atoms with Crippen molar-refractivity contribution in [2.24, 2.45) is 0 Å². The number of likely N-dealkylation sites (N-methyl/N-ethyl adjacent to an activating group) is 1. The zero-order chi connectivity index (χ0) is 20.9. The number of hydrogen-bond donors (Lipinski definition) is 0. The average molecular weight is 404 g/mol. The molecule has 0 fully saturated rings. The number of rotatable bonds is 7. The molecule has 0 aliphatic rings. The minimum absolute atomic E-state index is 0.0454. The molecule has 29 heavy (non-hydrogen) atoms. The number of halogens is 3. The molecule has 5 nitrogen and oxygen atoms in total. The highest BCUT2D eigenvalue weighted by Crippen LogP contribution is 2.31. The fourth-order valence-electron chi connectivity index (χ4n) is 2.64. The molecular formula is C21H19F3N2O3. The van der Waals surface area contributed by atoms with Gasteiger partial charge in [-0.25, -0.2) is 0 Å². The maximum absolute atomic E-state index is 12.7. The largest absolute Gasteiger partial charge is 0.486 e. The Kier molecular flexibility index (Phi) is 6.21. The molecule has 0 aliphatic heterocycles. The molecule has 3 rings (SSSR count). The van der Waals surface area contributed by atoms with Crippen LogP contribution in [0.25, 0.3) is 0 Å². The summed E-state index contributed by atoms with van der Waals surface area (Å²) in [5.41, 5.74) is 0.425. The summed E-state index contributed by atoms with van der Waals surface area (Å²) in [6, 6.07) is 15.7. The predicted molar refractivity (Wildman–Crippen MR) is 99.4 cm³/mol. The van der Waals surface area contributed by atoms with E-state index < -0.39 is 11.7 Å².